The fraction of sp³-hybridized carbons (Fsp3) is 0.316. The van der Waals surface area contributed by atoms with Gasteiger partial charge in [-0.3, -0.25) is 4.98 Å². The number of benzene rings is 1. The Kier molecular flexibility index (Phi) is 5.07. The van der Waals surface area contributed by atoms with Crippen LogP contribution in [-0.4, -0.2) is 54.3 Å². The van der Waals surface area contributed by atoms with Gasteiger partial charge in [-0.25, -0.2) is 9.97 Å². The summed E-state index contributed by atoms with van der Waals surface area (Å²) in [6.07, 6.45) is 5.13. The van der Waals surface area contributed by atoms with Crippen molar-refractivity contribution in [2.75, 3.05) is 44.3 Å². The van der Waals surface area contributed by atoms with Gasteiger partial charge in [0.15, 0.2) is 5.82 Å². The molecule has 3 aromatic rings. The van der Waals surface area contributed by atoms with Gasteiger partial charge in [-0.2, -0.15) is 0 Å². The number of nitrogens with zero attached hydrogens (tertiary/aromatic N) is 4. The van der Waals surface area contributed by atoms with Gasteiger partial charge in [-0.15, -0.1) is 0 Å². The summed E-state index contributed by atoms with van der Waals surface area (Å²) in [5.41, 5.74) is 0.917. The van der Waals surface area contributed by atoms with Crippen molar-refractivity contribution in [2.45, 2.75) is 0 Å². The average Bonchev–Trinajstić information content (AvgIpc) is 2.72. The lowest BCUT2D eigenvalue weighted by atomic mass is 10.2. The highest BCUT2D eigenvalue weighted by Crippen LogP contribution is 2.24. The van der Waals surface area contributed by atoms with Gasteiger partial charge >= 0.3 is 0 Å². The second kappa shape index (κ2) is 7.97. The zero-order valence-electron chi connectivity index (χ0n) is 14.5. The largest absolute Gasteiger partial charge is 0.489 e. The van der Waals surface area contributed by atoms with Crippen LogP contribution in [0.5, 0.6) is 11.6 Å². The maximum absolute atomic E-state index is 5.89. The zero-order chi connectivity index (χ0) is 17.6. The normalized spacial score (nSPS) is 14.4. The van der Waals surface area contributed by atoms with Crippen LogP contribution in [0.3, 0.4) is 0 Å². The lowest BCUT2D eigenvalue weighted by molar-refractivity contribution is 0.213. The fourth-order valence-electron chi connectivity index (χ4n) is 3.00. The molecule has 7 nitrogen and oxygen atoms in total. The number of piperazine rings is 1. The molecule has 1 aromatic carbocycles. The smallest absolute Gasteiger partial charge is 0.257 e. The number of rotatable bonds is 6. The summed E-state index contributed by atoms with van der Waals surface area (Å²) < 4.78 is 11.7. The standard InChI is InChI=1S/C19H21N5O2/c1-4-16-15(3-2-6-21-16)17(5-1)25-13-14-26-19-18(22-7-8-23-19)24-11-9-20-10-12-24/h1-8,20H,9-14H2. The van der Waals surface area contributed by atoms with Crippen molar-refractivity contribution < 1.29 is 9.47 Å². The first-order valence-corrected chi connectivity index (χ1v) is 8.78. The third kappa shape index (κ3) is 3.67. The monoisotopic (exact) mass is 351 g/mol. The van der Waals surface area contributed by atoms with E-state index in [9.17, 15) is 0 Å². The van der Waals surface area contributed by atoms with Crippen LogP contribution in [0.2, 0.25) is 0 Å². The number of anilines is 1. The number of aromatic nitrogens is 3. The Labute approximate surface area is 152 Å². The molecule has 0 atom stereocenters. The van der Waals surface area contributed by atoms with Gasteiger partial charge in [0.2, 0.25) is 0 Å². The quantitative estimate of drug-likeness (QED) is 0.680. The summed E-state index contributed by atoms with van der Waals surface area (Å²) >= 11 is 0. The molecule has 0 saturated carbocycles. The van der Waals surface area contributed by atoms with Crippen LogP contribution in [0, 0.1) is 0 Å². The second-order valence-corrected chi connectivity index (χ2v) is 5.95. The van der Waals surface area contributed by atoms with Crippen molar-refractivity contribution in [3.8, 4) is 11.6 Å². The van der Waals surface area contributed by atoms with Crippen molar-refractivity contribution in [1.29, 1.82) is 0 Å². The molecule has 0 aliphatic carbocycles. The van der Waals surface area contributed by atoms with Crippen molar-refractivity contribution in [1.82, 2.24) is 20.3 Å². The number of hydrogen-bond acceptors (Lipinski definition) is 7. The van der Waals surface area contributed by atoms with Gasteiger partial charge in [0.25, 0.3) is 5.88 Å². The molecule has 0 spiro atoms. The number of pyridine rings is 1. The molecule has 2 aromatic heterocycles. The highest BCUT2D eigenvalue weighted by atomic mass is 16.5. The molecule has 4 rings (SSSR count). The Morgan fingerprint density at radius 2 is 1.73 bits per heavy atom. The van der Waals surface area contributed by atoms with Crippen molar-refractivity contribution in [2.24, 2.45) is 0 Å². The molecule has 0 bridgehead atoms. The highest BCUT2D eigenvalue weighted by Gasteiger charge is 2.17. The molecule has 0 unspecified atom stereocenters. The molecule has 1 fully saturated rings. The van der Waals surface area contributed by atoms with E-state index in [-0.39, 0.29) is 0 Å². The molecule has 1 saturated heterocycles. The van der Waals surface area contributed by atoms with Crippen LogP contribution >= 0.6 is 0 Å². The fourth-order valence-corrected chi connectivity index (χ4v) is 3.00. The maximum Gasteiger partial charge on any atom is 0.257 e. The van der Waals surface area contributed by atoms with Gasteiger partial charge in [0.1, 0.15) is 19.0 Å². The zero-order valence-corrected chi connectivity index (χ0v) is 14.5. The summed E-state index contributed by atoms with van der Waals surface area (Å²) in [7, 11) is 0. The van der Waals surface area contributed by atoms with E-state index < -0.39 is 0 Å². The minimum Gasteiger partial charge on any atom is -0.489 e. The molecule has 7 heteroatoms. The number of hydrogen-bond donors (Lipinski definition) is 1. The molecular weight excluding hydrogens is 330 g/mol. The van der Waals surface area contributed by atoms with Gasteiger partial charge in [-0.05, 0) is 24.3 Å². The van der Waals surface area contributed by atoms with Crippen LogP contribution < -0.4 is 19.7 Å². The van der Waals surface area contributed by atoms with E-state index >= 15 is 0 Å². The summed E-state index contributed by atoms with van der Waals surface area (Å²) in [5.74, 6) is 2.15. The molecule has 26 heavy (non-hydrogen) atoms. The summed E-state index contributed by atoms with van der Waals surface area (Å²) in [6, 6.07) is 9.77. The molecule has 134 valence electrons. The first kappa shape index (κ1) is 16.5. The summed E-state index contributed by atoms with van der Waals surface area (Å²) in [5, 5.41) is 4.33. The van der Waals surface area contributed by atoms with E-state index in [0.717, 1.165) is 48.6 Å². The number of ether oxygens (including phenoxy) is 2. The van der Waals surface area contributed by atoms with Crippen molar-refractivity contribution in [3.05, 3.63) is 48.9 Å². The molecule has 0 radical (unpaired) electrons. The minimum atomic E-state index is 0.397. The second-order valence-electron chi connectivity index (χ2n) is 5.95. The lowest BCUT2D eigenvalue weighted by Gasteiger charge is -2.28. The van der Waals surface area contributed by atoms with Gasteiger partial charge < -0.3 is 19.7 Å². The van der Waals surface area contributed by atoms with E-state index in [1.807, 2.05) is 30.3 Å². The van der Waals surface area contributed by atoms with E-state index in [1.54, 1.807) is 18.6 Å². The van der Waals surface area contributed by atoms with Crippen molar-refractivity contribution in [3.63, 3.8) is 0 Å². The average molecular weight is 351 g/mol. The van der Waals surface area contributed by atoms with Crippen LogP contribution in [0.15, 0.2) is 48.9 Å². The molecular formula is C19H21N5O2. The van der Waals surface area contributed by atoms with Gasteiger partial charge in [-0.1, -0.05) is 6.07 Å². The SMILES string of the molecule is c1cc(OCCOc2nccnc2N2CCNCC2)c2cccnc2c1. The molecule has 0 amide bonds. The molecule has 1 aliphatic heterocycles. The Morgan fingerprint density at radius 3 is 2.65 bits per heavy atom. The minimum absolute atomic E-state index is 0.397. The van der Waals surface area contributed by atoms with E-state index in [4.69, 9.17) is 9.47 Å². The van der Waals surface area contributed by atoms with Crippen LogP contribution in [0.25, 0.3) is 10.9 Å². The predicted molar refractivity (Wildman–Crippen MR) is 99.8 cm³/mol. The maximum atomic E-state index is 5.89. The Hall–Kier alpha value is -2.93. The highest BCUT2D eigenvalue weighted by molar-refractivity contribution is 5.84. The summed E-state index contributed by atoms with van der Waals surface area (Å²) in [6.45, 7) is 4.49. The van der Waals surface area contributed by atoms with Crippen LogP contribution in [-0.2, 0) is 0 Å². The van der Waals surface area contributed by atoms with E-state index in [0.29, 0.717) is 19.1 Å². The molecule has 3 heterocycles. The third-order valence-corrected chi connectivity index (χ3v) is 4.25. The van der Waals surface area contributed by atoms with Crippen LogP contribution in [0.4, 0.5) is 5.82 Å². The first-order valence-electron chi connectivity index (χ1n) is 8.78. The van der Waals surface area contributed by atoms with E-state index in [2.05, 4.69) is 25.2 Å². The molecule has 1 aliphatic rings. The first-order chi connectivity index (χ1) is 12.9. The topological polar surface area (TPSA) is 72.4 Å². The Balaban J connectivity index is 1.38. The van der Waals surface area contributed by atoms with Crippen molar-refractivity contribution >= 4 is 16.7 Å². The Morgan fingerprint density at radius 1 is 0.885 bits per heavy atom. The number of nitrogens with one attached hydrogen (secondary N) is 1. The van der Waals surface area contributed by atoms with Gasteiger partial charge in [0, 0.05) is 50.2 Å². The van der Waals surface area contributed by atoms with E-state index in [1.165, 1.54) is 0 Å². The lowest BCUT2D eigenvalue weighted by Crippen LogP contribution is -2.44. The Bertz CT molecular complexity index is 862. The number of fused-ring (bicyclic) bond motifs is 1. The third-order valence-electron chi connectivity index (χ3n) is 4.25. The predicted octanol–water partition coefficient (Wildman–Crippen LogP) is 1.89. The van der Waals surface area contributed by atoms with Crippen LogP contribution in [0.1, 0.15) is 0 Å². The van der Waals surface area contributed by atoms with Gasteiger partial charge in [0.05, 0.1) is 5.52 Å². The summed E-state index contributed by atoms with van der Waals surface area (Å²) in [4.78, 5) is 15.3. The molecule has 1 N–H and O–H groups in total.